The number of rotatable bonds is 2. The van der Waals surface area contributed by atoms with E-state index in [-0.39, 0.29) is 5.60 Å². The molecule has 13 heavy (non-hydrogen) atoms. The van der Waals surface area contributed by atoms with E-state index in [0.717, 1.165) is 31.8 Å². The van der Waals surface area contributed by atoms with Crippen molar-refractivity contribution in [3.8, 4) is 0 Å². The summed E-state index contributed by atoms with van der Waals surface area (Å²) in [7, 11) is 0. The Balaban J connectivity index is 2.03. The van der Waals surface area contributed by atoms with Crippen molar-refractivity contribution >= 4 is 0 Å². The molecule has 0 bridgehead atoms. The van der Waals surface area contributed by atoms with Crippen LogP contribution in [0.25, 0.3) is 0 Å². The third-order valence-corrected chi connectivity index (χ3v) is 3.93. The average Bonchev–Trinajstić information content (AvgIpc) is 2.01. The van der Waals surface area contributed by atoms with Gasteiger partial charge in [-0.15, -0.1) is 0 Å². The second kappa shape index (κ2) is 3.58. The van der Waals surface area contributed by atoms with Crippen LogP contribution in [-0.4, -0.2) is 18.2 Å². The van der Waals surface area contributed by atoms with Gasteiger partial charge in [0.15, 0.2) is 0 Å². The third-order valence-electron chi connectivity index (χ3n) is 3.93. The first-order chi connectivity index (χ1) is 6.27. The van der Waals surface area contributed by atoms with Crippen LogP contribution >= 0.6 is 0 Å². The van der Waals surface area contributed by atoms with E-state index < -0.39 is 0 Å². The zero-order valence-electron chi connectivity index (χ0n) is 8.59. The van der Waals surface area contributed by atoms with Crippen molar-refractivity contribution in [1.82, 2.24) is 0 Å². The Bertz CT molecular complexity index is 179. The van der Waals surface area contributed by atoms with Gasteiger partial charge in [-0.25, -0.2) is 0 Å². The molecule has 2 aliphatic rings. The topological polar surface area (TPSA) is 35.2 Å². The molecule has 2 heteroatoms. The van der Waals surface area contributed by atoms with Crippen molar-refractivity contribution in [1.29, 1.82) is 0 Å². The monoisotopic (exact) mass is 183 g/mol. The fourth-order valence-electron chi connectivity index (χ4n) is 2.77. The van der Waals surface area contributed by atoms with Crippen LogP contribution in [0.2, 0.25) is 0 Å². The van der Waals surface area contributed by atoms with Gasteiger partial charge in [0.05, 0.1) is 5.60 Å². The van der Waals surface area contributed by atoms with Gasteiger partial charge in [-0.3, -0.25) is 0 Å². The molecule has 1 saturated carbocycles. The predicted octanol–water partition coefficient (Wildman–Crippen LogP) is 2.07. The first-order valence-corrected chi connectivity index (χ1v) is 5.66. The Labute approximate surface area is 80.8 Å². The molecule has 0 aromatic rings. The fourth-order valence-corrected chi connectivity index (χ4v) is 2.77. The van der Waals surface area contributed by atoms with Crippen LogP contribution < -0.4 is 5.73 Å². The van der Waals surface area contributed by atoms with E-state index in [1.54, 1.807) is 0 Å². The van der Waals surface area contributed by atoms with E-state index in [4.69, 9.17) is 10.5 Å². The second-order valence-corrected chi connectivity index (χ2v) is 4.65. The van der Waals surface area contributed by atoms with Gasteiger partial charge in [0, 0.05) is 12.6 Å². The summed E-state index contributed by atoms with van der Waals surface area (Å²) in [5, 5.41) is 0. The van der Waals surface area contributed by atoms with Crippen molar-refractivity contribution in [3.05, 3.63) is 0 Å². The number of hydrogen-bond donors (Lipinski definition) is 1. The average molecular weight is 183 g/mol. The molecule has 2 fully saturated rings. The van der Waals surface area contributed by atoms with Crippen LogP contribution in [0, 0.1) is 5.92 Å². The van der Waals surface area contributed by atoms with E-state index in [1.807, 2.05) is 0 Å². The van der Waals surface area contributed by atoms with Crippen LogP contribution in [0.3, 0.4) is 0 Å². The maximum absolute atomic E-state index is 6.02. The van der Waals surface area contributed by atoms with Crippen molar-refractivity contribution in [2.45, 2.75) is 57.1 Å². The highest BCUT2D eigenvalue weighted by Crippen LogP contribution is 2.44. The highest BCUT2D eigenvalue weighted by atomic mass is 16.5. The Hall–Kier alpha value is -0.0800. The van der Waals surface area contributed by atoms with E-state index in [1.165, 1.54) is 19.3 Å². The van der Waals surface area contributed by atoms with Gasteiger partial charge >= 0.3 is 0 Å². The zero-order valence-corrected chi connectivity index (χ0v) is 8.59. The van der Waals surface area contributed by atoms with Gasteiger partial charge < -0.3 is 10.5 Å². The largest absolute Gasteiger partial charge is 0.375 e. The molecule has 1 aliphatic heterocycles. The van der Waals surface area contributed by atoms with Gasteiger partial charge in [0.1, 0.15) is 0 Å². The normalized spacial score (nSPS) is 41.5. The highest BCUT2D eigenvalue weighted by Gasteiger charge is 2.44. The predicted molar refractivity (Wildman–Crippen MR) is 53.5 cm³/mol. The van der Waals surface area contributed by atoms with Crippen LogP contribution in [0.4, 0.5) is 0 Å². The van der Waals surface area contributed by atoms with Crippen molar-refractivity contribution < 1.29 is 4.74 Å². The first-order valence-electron chi connectivity index (χ1n) is 5.66. The molecular weight excluding hydrogens is 162 g/mol. The summed E-state index contributed by atoms with van der Waals surface area (Å²) >= 11 is 0. The standard InChI is InChI=1S/C11H21NO/c1-2-11(9-4-3-5-9)8-10(12)6-7-13-11/h9-10H,2-8,12H2,1H3. The smallest absolute Gasteiger partial charge is 0.0722 e. The first kappa shape index (κ1) is 9.47. The van der Waals surface area contributed by atoms with Gasteiger partial charge in [0.2, 0.25) is 0 Å². The van der Waals surface area contributed by atoms with E-state index >= 15 is 0 Å². The van der Waals surface area contributed by atoms with Gasteiger partial charge in [-0.2, -0.15) is 0 Å². The summed E-state index contributed by atoms with van der Waals surface area (Å²) in [6.07, 6.45) is 7.40. The molecule has 2 nitrogen and oxygen atoms in total. The van der Waals surface area contributed by atoms with Crippen molar-refractivity contribution in [2.24, 2.45) is 11.7 Å². The van der Waals surface area contributed by atoms with E-state index in [0.29, 0.717) is 6.04 Å². The summed E-state index contributed by atoms with van der Waals surface area (Å²) in [5.74, 6) is 0.809. The summed E-state index contributed by atoms with van der Waals surface area (Å²) in [6, 6.07) is 0.384. The molecule has 1 saturated heterocycles. The van der Waals surface area contributed by atoms with Crippen LogP contribution in [0.1, 0.15) is 45.4 Å². The fraction of sp³-hybridized carbons (Fsp3) is 1.00. The molecule has 1 aliphatic carbocycles. The minimum Gasteiger partial charge on any atom is -0.375 e. The Kier molecular flexibility index (Phi) is 2.61. The molecule has 0 radical (unpaired) electrons. The van der Waals surface area contributed by atoms with Crippen LogP contribution in [0.5, 0.6) is 0 Å². The lowest BCUT2D eigenvalue weighted by molar-refractivity contribution is -0.142. The second-order valence-electron chi connectivity index (χ2n) is 4.65. The summed E-state index contributed by atoms with van der Waals surface area (Å²) in [5.41, 5.74) is 6.19. The third kappa shape index (κ3) is 1.62. The number of ether oxygens (including phenoxy) is 1. The Morgan fingerprint density at radius 2 is 2.15 bits per heavy atom. The maximum Gasteiger partial charge on any atom is 0.0722 e. The lowest BCUT2D eigenvalue weighted by atomic mass is 9.68. The number of hydrogen-bond acceptors (Lipinski definition) is 2. The molecule has 1 heterocycles. The Morgan fingerprint density at radius 3 is 2.62 bits per heavy atom. The molecule has 2 atom stereocenters. The Morgan fingerprint density at radius 1 is 1.38 bits per heavy atom. The minimum absolute atomic E-state index is 0.163. The van der Waals surface area contributed by atoms with E-state index in [9.17, 15) is 0 Å². The number of nitrogens with two attached hydrogens (primary N) is 1. The molecule has 2 N–H and O–H groups in total. The summed E-state index contributed by atoms with van der Waals surface area (Å²) in [4.78, 5) is 0. The molecule has 2 unspecified atom stereocenters. The van der Waals surface area contributed by atoms with Gasteiger partial charge in [-0.05, 0) is 38.0 Å². The lowest BCUT2D eigenvalue weighted by Crippen LogP contribution is -2.51. The quantitative estimate of drug-likeness (QED) is 0.711. The lowest BCUT2D eigenvalue weighted by Gasteiger charge is -2.48. The van der Waals surface area contributed by atoms with Crippen LogP contribution in [-0.2, 0) is 4.74 Å². The molecule has 0 spiro atoms. The zero-order chi connectivity index (χ0) is 9.31. The van der Waals surface area contributed by atoms with Crippen molar-refractivity contribution in [3.63, 3.8) is 0 Å². The highest BCUT2D eigenvalue weighted by molar-refractivity contribution is 4.96. The summed E-state index contributed by atoms with van der Waals surface area (Å²) < 4.78 is 6.01. The molecule has 2 rings (SSSR count). The minimum atomic E-state index is 0.163. The van der Waals surface area contributed by atoms with Crippen LogP contribution in [0.15, 0.2) is 0 Å². The van der Waals surface area contributed by atoms with Gasteiger partial charge in [-0.1, -0.05) is 13.3 Å². The van der Waals surface area contributed by atoms with E-state index in [2.05, 4.69) is 6.92 Å². The summed E-state index contributed by atoms with van der Waals surface area (Å²) in [6.45, 7) is 3.13. The van der Waals surface area contributed by atoms with Gasteiger partial charge in [0.25, 0.3) is 0 Å². The SMILES string of the molecule is CCC1(C2CCC2)CC(N)CCO1. The molecular formula is C11H21NO. The molecule has 0 aromatic heterocycles. The molecule has 0 amide bonds. The maximum atomic E-state index is 6.02. The van der Waals surface area contributed by atoms with Crippen molar-refractivity contribution in [2.75, 3.05) is 6.61 Å². The molecule has 0 aromatic carbocycles. The molecule has 76 valence electrons.